The second kappa shape index (κ2) is 3.33. The number of aliphatic hydroxyl groups is 1. The molecule has 1 aromatic heterocycles. The molecule has 1 heterocycles. The van der Waals surface area contributed by atoms with E-state index in [4.69, 9.17) is 5.11 Å². The number of aromatic amines is 1. The van der Waals surface area contributed by atoms with Gasteiger partial charge in [-0.2, -0.15) is 18.3 Å². The molecule has 0 aliphatic rings. The first-order valence-corrected chi connectivity index (χ1v) is 3.31. The van der Waals surface area contributed by atoms with Crippen molar-refractivity contribution in [1.82, 2.24) is 10.2 Å². The average Bonchev–Trinajstić information content (AvgIpc) is 2.50. The Hall–Kier alpha value is -1.11. The second-order valence-corrected chi connectivity index (χ2v) is 2.38. The lowest BCUT2D eigenvalue weighted by Crippen LogP contribution is -2.04. The van der Waals surface area contributed by atoms with Gasteiger partial charge in [0.25, 0.3) is 0 Å². The van der Waals surface area contributed by atoms with Gasteiger partial charge in [0.05, 0.1) is 5.69 Å². The highest BCUT2D eigenvalue weighted by atomic mass is 19.4. The lowest BCUT2D eigenvalue weighted by atomic mass is 10.2. The van der Waals surface area contributed by atoms with Crippen molar-refractivity contribution in [3.8, 4) is 0 Å². The molecule has 2 N–H and O–H groups in total. The van der Waals surface area contributed by atoms with Crippen molar-refractivity contribution in [2.24, 2.45) is 0 Å². The lowest BCUT2D eigenvalue weighted by molar-refractivity contribution is -0.141. The minimum absolute atomic E-state index is 0.283. The number of rotatable bonds is 2. The molecule has 0 spiro atoms. The highest BCUT2D eigenvalue weighted by Crippen LogP contribution is 2.28. The number of alkyl halides is 4. The zero-order valence-electron chi connectivity index (χ0n) is 6.27. The molecule has 3 nitrogen and oxygen atoms in total. The van der Waals surface area contributed by atoms with Gasteiger partial charge in [-0.3, -0.25) is 5.10 Å². The number of nitrogens with one attached hydrogen (secondary N) is 1. The maximum absolute atomic E-state index is 11.9. The van der Waals surface area contributed by atoms with Gasteiger partial charge < -0.3 is 5.11 Å². The average molecular weight is 198 g/mol. The minimum Gasteiger partial charge on any atom is -0.384 e. The van der Waals surface area contributed by atoms with Crippen LogP contribution in [0.25, 0.3) is 0 Å². The van der Waals surface area contributed by atoms with Crippen LogP contribution in [0.15, 0.2) is 6.07 Å². The molecule has 0 bridgehead atoms. The van der Waals surface area contributed by atoms with Crippen LogP contribution in [-0.2, 0) is 6.18 Å². The molecule has 74 valence electrons. The van der Waals surface area contributed by atoms with Crippen molar-refractivity contribution in [1.29, 1.82) is 0 Å². The van der Waals surface area contributed by atoms with Crippen LogP contribution in [0.1, 0.15) is 17.5 Å². The molecule has 1 atom stereocenters. The molecule has 7 heteroatoms. The standard InChI is InChI=1S/C6H6F4N2O/c7-2-4(13)3-1-5(12-11-3)6(8,9)10/h1,4,13H,2H2,(H,11,12). The zero-order chi connectivity index (χ0) is 10.1. The van der Waals surface area contributed by atoms with E-state index in [1.54, 1.807) is 0 Å². The van der Waals surface area contributed by atoms with Crippen molar-refractivity contribution >= 4 is 0 Å². The van der Waals surface area contributed by atoms with E-state index >= 15 is 0 Å². The first-order chi connectivity index (χ1) is 5.95. The van der Waals surface area contributed by atoms with Crippen molar-refractivity contribution < 1.29 is 22.7 Å². The highest BCUT2D eigenvalue weighted by molar-refractivity contribution is 5.13. The van der Waals surface area contributed by atoms with Crippen LogP contribution in [0.4, 0.5) is 17.6 Å². The van der Waals surface area contributed by atoms with Crippen LogP contribution in [-0.4, -0.2) is 22.0 Å². The van der Waals surface area contributed by atoms with Crippen LogP contribution in [0.5, 0.6) is 0 Å². The molecule has 0 radical (unpaired) electrons. The Morgan fingerprint density at radius 2 is 2.15 bits per heavy atom. The van der Waals surface area contributed by atoms with Crippen LogP contribution >= 0.6 is 0 Å². The topological polar surface area (TPSA) is 48.9 Å². The lowest BCUT2D eigenvalue weighted by Gasteiger charge is -2.00. The summed E-state index contributed by atoms with van der Waals surface area (Å²) in [5, 5.41) is 13.6. The first-order valence-electron chi connectivity index (χ1n) is 3.31. The van der Waals surface area contributed by atoms with Crippen molar-refractivity contribution in [2.45, 2.75) is 12.3 Å². The predicted molar refractivity (Wildman–Crippen MR) is 34.5 cm³/mol. The molecule has 0 aliphatic heterocycles. The number of aliphatic hydroxyl groups excluding tert-OH is 1. The van der Waals surface area contributed by atoms with Gasteiger partial charge in [0, 0.05) is 0 Å². The Labute approximate surface area is 70.4 Å². The summed E-state index contributed by atoms with van der Waals surface area (Å²) in [7, 11) is 0. The summed E-state index contributed by atoms with van der Waals surface area (Å²) >= 11 is 0. The van der Waals surface area contributed by atoms with Crippen LogP contribution < -0.4 is 0 Å². The molecule has 0 amide bonds. The van der Waals surface area contributed by atoms with Crippen molar-refractivity contribution in [2.75, 3.05) is 6.67 Å². The number of halogens is 4. The number of nitrogens with zero attached hydrogens (tertiary/aromatic N) is 1. The number of H-pyrrole nitrogens is 1. The molecule has 1 aromatic rings. The van der Waals surface area contributed by atoms with E-state index in [2.05, 4.69) is 5.10 Å². The third kappa shape index (κ3) is 2.18. The van der Waals surface area contributed by atoms with Gasteiger partial charge in [-0.25, -0.2) is 4.39 Å². The molecular formula is C6H6F4N2O. The van der Waals surface area contributed by atoms with E-state index in [9.17, 15) is 17.6 Å². The molecule has 0 saturated heterocycles. The largest absolute Gasteiger partial charge is 0.435 e. The Balaban J connectivity index is 2.87. The molecule has 1 rings (SSSR count). The van der Waals surface area contributed by atoms with E-state index in [1.165, 1.54) is 0 Å². The van der Waals surface area contributed by atoms with Gasteiger partial charge in [0.2, 0.25) is 0 Å². The summed E-state index contributed by atoms with van der Waals surface area (Å²) in [6.07, 6.45) is -6.16. The summed E-state index contributed by atoms with van der Waals surface area (Å²) in [5.41, 5.74) is -1.45. The molecule has 1 unspecified atom stereocenters. The van der Waals surface area contributed by atoms with Gasteiger partial charge in [-0.05, 0) is 6.07 Å². The van der Waals surface area contributed by atoms with Crippen molar-refractivity contribution in [3.05, 3.63) is 17.5 Å². The van der Waals surface area contributed by atoms with Crippen molar-refractivity contribution in [3.63, 3.8) is 0 Å². The molecular weight excluding hydrogens is 192 g/mol. The Morgan fingerprint density at radius 3 is 2.54 bits per heavy atom. The van der Waals surface area contributed by atoms with Crippen LogP contribution in [0.3, 0.4) is 0 Å². The maximum atomic E-state index is 11.9. The van der Waals surface area contributed by atoms with E-state index in [0.29, 0.717) is 6.07 Å². The second-order valence-electron chi connectivity index (χ2n) is 2.38. The molecule has 13 heavy (non-hydrogen) atoms. The smallest absolute Gasteiger partial charge is 0.384 e. The maximum Gasteiger partial charge on any atom is 0.435 e. The fourth-order valence-corrected chi connectivity index (χ4v) is 0.736. The van der Waals surface area contributed by atoms with E-state index in [-0.39, 0.29) is 5.69 Å². The molecule has 0 fully saturated rings. The highest BCUT2D eigenvalue weighted by Gasteiger charge is 2.34. The van der Waals surface area contributed by atoms with Crippen LogP contribution in [0, 0.1) is 0 Å². The van der Waals surface area contributed by atoms with Gasteiger partial charge in [-0.1, -0.05) is 0 Å². The fraction of sp³-hybridized carbons (Fsp3) is 0.500. The first kappa shape index (κ1) is 9.97. The molecule has 0 aliphatic carbocycles. The van der Waals surface area contributed by atoms with Gasteiger partial charge in [0.1, 0.15) is 12.8 Å². The van der Waals surface area contributed by atoms with E-state index in [0.717, 1.165) is 0 Å². The molecule has 0 aromatic carbocycles. The minimum atomic E-state index is -4.58. The van der Waals surface area contributed by atoms with E-state index in [1.807, 2.05) is 5.10 Å². The summed E-state index contributed by atoms with van der Waals surface area (Å²) < 4.78 is 47.5. The van der Waals surface area contributed by atoms with Gasteiger partial charge in [-0.15, -0.1) is 0 Å². The third-order valence-electron chi connectivity index (χ3n) is 1.39. The summed E-state index contributed by atoms with van der Waals surface area (Å²) in [4.78, 5) is 0. The summed E-state index contributed by atoms with van der Waals surface area (Å²) in [6.45, 7) is -1.15. The van der Waals surface area contributed by atoms with Crippen LogP contribution in [0.2, 0.25) is 0 Å². The quantitative estimate of drug-likeness (QED) is 0.706. The Bertz CT molecular complexity index is 282. The molecule has 0 saturated carbocycles. The normalized spacial score (nSPS) is 14.5. The Kier molecular flexibility index (Phi) is 2.55. The summed E-state index contributed by atoms with van der Waals surface area (Å²) in [6, 6.07) is 0.574. The third-order valence-corrected chi connectivity index (χ3v) is 1.39. The Morgan fingerprint density at radius 1 is 1.54 bits per heavy atom. The SMILES string of the molecule is OC(CF)c1cc(C(F)(F)F)n[nH]1. The summed E-state index contributed by atoms with van der Waals surface area (Å²) in [5.74, 6) is 0. The van der Waals surface area contributed by atoms with Gasteiger partial charge in [0.15, 0.2) is 5.69 Å². The van der Waals surface area contributed by atoms with Gasteiger partial charge >= 0.3 is 6.18 Å². The number of hydrogen-bond donors (Lipinski definition) is 2. The fourth-order valence-electron chi connectivity index (χ4n) is 0.736. The number of aromatic nitrogens is 2. The van der Waals surface area contributed by atoms with E-state index < -0.39 is 24.6 Å². The monoisotopic (exact) mass is 198 g/mol. The number of hydrogen-bond acceptors (Lipinski definition) is 2. The predicted octanol–water partition coefficient (Wildman–Crippen LogP) is 1.43. The zero-order valence-corrected chi connectivity index (χ0v) is 6.27.